The van der Waals surface area contributed by atoms with Crippen molar-refractivity contribution in [2.75, 3.05) is 14.2 Å². The van der Waals surface area contributed by atoms with Gasteiger partial charge in [0.15, 0.2) is 17.3 Å². The zero-order valence-corrected chi connectivity index (χ0v) is 16.8. The summed E-state index contributed by atoms with van der Waals surface area (Å²) in [5, 5.41) is 3.94. The van der Waals surface area contributed by atoms with Crippen molar-refractivity contribution in [1.29, 1.82) is 0 Å². The molecule has 6 nitrogen and oxygen atoms in total. The molecule has 0 radical (unpaired) electrons. The molecule has 2 aromatic rings. The third kappa shape index (κ3) is 3.29. The van der Waals surface area contributed by atoms with Crippen LogP contribution in [0.2, 0.25) is 0 Å². The number of rotatable bonds is 4. The molecule has 1 fully saturated rings. The number of nitrogens with one attached hydrogen (secondary N) is 1. The monoisotopic (exact) mass is 387 g/mol. The maximum atomic E-state index is 12.9. The summed E-state index contributed by atoms with van der Waals surface area (Å²) >= 11 is 1.61. The van der Waals surface area contributed by atoms with E-state index in [1.165, 1.54) is 19.3 Å². The number of fused-ring (bicyclic) bond motifs is 1. The van der Waals surface area contributed by atoms with E-state index in [0.29, 0.717) is 17.5 Å². The lowest BCUT2D eigenvalue weighted by Crippen LogP contribution is -2.16. The molecular formula is C20H25N3O3S. The Hall–Kier alpha value is -2.15. The molecule has 1 aromatic carbocycles. The fourth-order valence-corrected chi connectivity index (χ4v) is 5.16. The Morgan fingerprint density at radius 2 is 1.89 bits per heavy atom. The van der Waals surface area contributed by atoms with Crippen molar-refractivity contribution in [2.45, 2.75) is 50.3 Å². The van der Waals surface area contributed by atoms with Gasteiger partial charge in [-0.05, 0) is 37.5 Å². The second-order valence-corrected chi connectivity index (χ2v) is 8.38. The molecule has 1 saturated carbocycles. The Kier molecular flexibility index (Phi) is 5.04. The molecule has 1 N–H and O–H groups in total. The van der Waals surface area contributed by atoms with E-state index in [2.05, 4.69) is 5.10 Å². The number of thioether (sulfide) groups is 1. The maximum Gasteiger partial charge on any atom is 0.271 e. The predicted molar refractivity (Wildman–Crippen MR) is 109 cm³/mol. The van der Waals surface area contributed by atoms with Crippen molar-refractivity contribution in [3.05, 3.63) is 39.7 Å². The zero-order valence-electron chi connectivity index (χ0n) is 15.9. The number of benzene rings is 1. The summed E-state index contributed by atoms with van der Waals surface area (Å²) < 4.78 is 12.8. The average Bonchev–Trinajstić information content (AvgIpc) is 3.03. The number of ether oxygens (including phenoxy) is 2. The highest BCUT2D eigenvalue weighted by Gasteiger charge is 2.32. The zero-order chi connectivity index (χ0) is 19.0. The fraction of sp³-hybridized carbons (Fsp3) is 0.500. The SMILES string of the molecule is COc1ccc(C2SC(C)=Nc3c2c(=O)[nH]n3C2CCCCC2)cc1OC. The van der Waals surface area contributed by atoms with Gasteiger partial charge in [-0.3, -0.25) is 14.6 Å². The van der Waals surface area contributed by atoms with Crippen molar-refractivity contribution < 1.29 is 9.47 Å². The Bertz CT molecular complexity index is 925. The molecule has 1 aromatic heterocycles. The Morgan fingerprint density at radius 3 is 2.59 bits per heavy atom. The number of hydrogen-bond donors (Lipinski definition) is 1. The van der Waals surface area contributed by atoms with Gasteiger partial charge in [0.2, 0.25) is 0 Å². The van der Waals surface area contributed by atoms with E-state index in [9.17, 15) is 4.79 Å². The van der Waals surface area contributed by atoms with E-state index in [1.54, 1.807) is 26.0 Å². The van der Waals surface area contributed by atoms with Crippen LogP contribution in [-0.4, -0.2) is 29.0 Å². The van der Waals surface area contributed by atoms with Crippen molar-refractivity contribution in [2.24, 2.45) is 4.99 Å². The largest absolute Gasteiger partial charge is 0.493 e. The first-order valence-electron chi connectivity index (χ1n) is 9.40. The van der Waals surface area contributed by atoms with Gasteiger partial charge >= 0.3 is 0 Å². The molecule has 144 valence electrons. The Labute approximate surface area is 163 Å². The number of hydrogen-bond acceptors (Lipinski definition) is 5. The van der Waals surface area contributed by atoms with Crippen LogP contribution in [0.25, 0.3) is 0 Å². The van der Waals surface area contributed by atoms with Crippen molar-refractivity contribution in [3.8, 4) is 11.5 Å². The molecule has 0 amide bonds. The minimum absolute atomic E-state index is 0.0425. The van der Waals surface area contributed by atoms with Crippen LogP contribution < -0.4 is 15.0 Å². The molecule has 1 atom stereocenters. The first kappa shape index (κ1) is 18.2. The summed E-state index contributed by atoms with van der Waals surface area (Å²) in [6.07, 6.45) is 5.88. The molecule has 1 unspecified atom stereocenters. The average molecular weight is 388 g/mol. The standard InChI is InChI=1S/C20H25N3O3S/c1-12-21-19-17(20(24)22-23(19)14-7-5-4-6-8-14)18(27-12)13-9-10-15(25-2)16(11-13)26-3/h9-11,14,18H,4-8H2,1-3H3,(H,22,24). The molecular weight excluding hydrogens is 362 g/mol. The molecule has 4 rings (SSSR count). The van der Waals surface area contributed by atoms with Crippen LogP contribution >= 0.6 is 11.8 Å². The molecule has 0 spiro atoms. The molecule has 1 aliphatic heterocycles. The van der Waals surface area contributed by atoms with Gasteiger partial charge in [0.05, 0.1) is 36.1 Å². The van der Waals surface area contributed by atoms with Gasteiger partial charge in [-0.15, -0.1) is 0 Å². The number of aromatic nitrogens is 2. The summed E-state index contributed by atoms with van der Waals surface area (Å²) in [5.41, 5.74) is 1.71. The highest BCUT2D eigenvalue weighted by Crippen LogP contribution is 2.46. The van der Waals surface area contributed by atoms with Crippen LogP contribution in [-0.2, 0) is 0 Å². The van der Waals surface area contributed by atoms with Crippen LogP contribution in [0.15, 0.2) is 28.0 Å². The molecule has 27 heavy (non-hydrogen) atoms. The van der Waals surface area contributed by atoms with E-state index in [1.807, 2.05) is 29.8 Å². The lowest BCUT2D eigenvalue weighted by Gasteiger charge is -2.26. The van der Waals surface area contributed by atoms with E-state index in [4.69, 9.17) is 14.5 Å². The third-order valence-electron chi connectivity index (χ3n) is 5.40. The molecule has 0 saturated heterocycles. The number of H-pyrrole nitrogens is 1. The molecule has 2 heterocycles. The third-order valence-corrected chi connectivity index (χ3v) is 6.58. The Morgan fingerprint density at radius 1 is 1.15 bits per heavy atom. The van der Waals surface area contributed by atoms with Gasteiger partial charge in [-0.1, -0.05) is 37.1 Å². The highest BCUT2D eigenvalue weighted by atomic mass is 32.2. The fourth-order valence-electron chi connectivity index (χ4n) is 4.06. The summed E-state index contributed by atoms with van der Waals surface area (Å²) in [5.74, 6) is 2.14. The first-order valence-corrected chi connectivity index (χ1v) is 10.3. The molecule has 1 aliphatic carbocycles. The minimum Gasteiger partial charge on any atom is -0.493 e. The van der Waals surface area contributed by atoms with Gasteiger partial charge in [0.25, 0.3) is 5.56 Å². The number of nitrogens with zero attached hydrogens (tertiary/aromatic N) is 2. The van der Waals surface area contributed by atoms with Gasteiger partial charge in [-0.25, -0.2) is 4.99 Å². The summed E-state index contributed by atoms with van der Waals surface area (Å²) in [7, 11) is 3.25. The lowest BCUT2D eigenvalue weighted by atomic mass is 9.95. The van der Waals surface area contributed by atoms with Crippen molar-refractivity contribution in [3.63, 3.8) is 0 Å². The second kappa shape index (κ2) is 7.46. The predicted octanol–water partition coefficient (Wildman–Crippen LogP) is 4.58. The Balaban J connectivity index is 1.79. The van der Waals surface area contributed by atoms with Gasteiger partial charge in [0, 0.05) is 0 Å². The van der Waals surface area contributed by atoms with Crippen LogP contribution in [0.1, 0.15) is 61.4 Å². The summed E-state index contributed by atoms with van der Waals surface area (Å²) in [6, 6.07) is 6.18. The minimum atomic E-state index is -0.106. The first-order chi connectivity index (χ1) is 13.1. The molecule has 0 bridgehead atoms. The van der Waals surface area contributed by atoms with E-state index in [-0.39, 0.29) is 10.8 Å². The van der Waals surface area contributed by atoms with E-state index >= 15 is 0 Å². The molecule has 2 aliphatic rings. The van der Waals surface area contributed by atoms with Crippen LogP contribution in [0.4, 0.5) is 5.82 Å². The topological polar surface area (TPSA) is 68.6 Å². The quantitative estimate of drug-likeness (QED) is 0.833. The van der Waals surface area contributed by atoms with Crippen LogP contribution in [0.3, 0.4) is 0 Å². The van der Waals surface area contributed by atoms with Crippen molar-refractivity contribution >= 4 is 22.6 Å². The van der Waals surface area contributed by atoms with Crippen LogP contribution in [0, 0.1) is 0 Å². The van der Waals surface area contributed by atoms with E-state index in [0.717, 1.165) is 34.8 Å². The highest BCUT2D eigenvalue weighted by molar-refractivity contribution is 8.14. The number of aromatic amines is 1. The smallest absolute Gasteiger partial charge is 0.271 e. The maximum absolute atomic E-state index is 12.9. The van der Waals surface area contributed by atoms with Crippen LogP contribution in [0.5, 0.6) is 11.5 Å². The summed E-state index contributed by atoms with van der Waals surface area (Å²) in [4.78, 5) is 17.6. The normalized spacial score (nSPS) is 20.1. The van der Waals surface area contributed by atoms with Gasteiger partial charge in [0.1, 0.15) is 0 Å². The lowest BCUT2D eigenvalue weighted by molar-refractivity contribution is 0.331. The van der Waals surface area contributed by atoms with E-state index < -0.39 is 0 Å². The summed E-state index contributed by atoms with van der Waals surface area (Å²) in [6.45, 7) is 2.00. The van der Waals surface area contributed by atoms with Gasteiger partial charge < -0.3 is 9.47 Å². The van der Waals surface area contributed by atoms with Gasteiger partial charge in [-0.2, -0.15) is 0 Å². The number of aliphatic imine (C=N–C) groups is 1. The van der Waals surface area contributed by atoms with Crippen molar-refractivity contribution in [1.82, 2.24) is 9.78 Å². The second-order valence-electron chi connectivity index (χ2n) is 7.08. The molecule has 7 heteroatoms. The number of methoxy groups -OCH3 is 2.